The Labute approximate surface area is 138 Å². The van der Waals surface area contributed by atoms with E-state index in [2.05, 4.69) is 39.4 Å². The van der Waals surface area contributed by atoms with Crippen LogP contribution in [0.2, 0.25) is 0 Å². The fourth-order valence-corrected chi connectivity index (χ4v) is 4.28. The predicted molar refractivity (Wildman–Crippen MR) is 92.4 cm³/mol. The monoisotopic (exact) mass is 313 g/mol. The largest absolute Gasteiger partial charge is 0.303 e. The fraction of sp³-hybridized carbons (Fsp3) is 0.667. The topological polar surface area (TPSA) is 37.2 Å². The molecule has 0 bridgehead atoms. The van der Waals surface area contributed by atoms with Crippen molar-refractivity contribution in [2.45, 2.75) is 38.8 Å². The standard InChI is InChI=1S/C18H27N5/c1-3-22-11-8-14(13-22)12-16-20-15-6-4-9-19-18(15)23(16)17-7-5-10-21(17)2/h4,6,9,14,17H,3,5,7-8,10-13H2,1-2H3. The van der Waals surface area contributed by atoms with Gasteiger partial charge in [-0.1, -0.05) is 6.92 Å². The first-order valence-electron chi connectivity index (χ1n) is 9.00. The first-order valence-corrected chi connectivity index (χ1v) is 9.00. The van der Waals surface area contributed by atoms with Gasteiger partial charge in [-0.15, -0.1) is 0 Å². The second-order valence-corrected chi connectivity index (χ2v) is 7.10. The predicted octanol–water partition coefficient (Wildman–Crippen LogP) is 2.54. The third kappa shape index (κ3) is 2.76. The lowest BCUT2D eigenvalue weighted by atomic mass is 10.0. The zero-order valence-electron chi connectivity index (χ0n) is 14.3. The molecule has 5 heteroatoms. The minimum atomic E-state index is 0.425. The highest BCUT2D eigenvalue weighted by atomic mass is 15.3. The Morgan fingerprint density at radius 2 is 2.17 bits per heavy atom. The van der Waals surface area contributed by atoms with Crippen molar-refractivity contribution in [2.75, 3.05) is 33.2 Å². The zero-order chi connectivity index (χ0) is 15.8. The molecule has 2 aliphatic rings. The molecule has 124 valence electrons. The molecule has 23 heavy (non-hydrogen) atoms. The van der Waals surface area contributed by atoms with Crippen LogP contribution in [0.1, 0.15) is 38.2 Å². The molecule has 4 heterocycles. The molecule has 2 aromatic rings. The Morgan fingerprint density at radius 3 is 2.91 bits per heavy atom. The normalized spacial score (nSPS) is 26.5. The SMILES string of the molecule is CCN1CCC(Cc2nc3cccnc3n2C2CCCN2C)C1. The van der Waals surface area contributed by atoms with Crippen molar-refractivity contribution in [3.63, 3.8) is 0 Å². The van der Waals surface area contributed by atoms with Crippen molar-refractivity contribution in [3.05, 3.63) is 24.2 Å². The highest BCUT2D eigenvalue weighted by Crippen LogP contribution is 2.31. The number of nitrogens with zero attached hydrogens (tertiary/aromatic N) is 5. The van der Waals surface area contributed by atoms with Crippen LogP contribution in [0.25, 0.3) is 11.2 Å². The Balaban J connectivity index is 1.68. The van der Waals surface area contributed by atoms with E-state index in [4.69, 9.17) is 4.98 Å². The molecular weight excluding hydrogens is 286 g/mol. The highest BCUT2D eigenvalue weighted by molar-refractivity contribution is 5.71. The van der Waals surface area contributed by atoms with E-state index in [0.29, 0.717) is 6.17 Å². The van der Waals surface area contributed by atoms with Gasteiger partial charge in [-0.2, -0.15) is 0 Å². The molecule has 2 aromatic heterocycles. The lowest BCUT2D eigenvalue weighted by Gasteiger charge is -2.24. The van der Waals surface area contributed by atoms with Crippen molar-refractivity contribution < 1.29 is 0 Å². The molecular formula is C18H27N5. The maximum atomic E-state index is 4.96. The molecule has 0 N–H and O–H groups in total. The number of fused-ring (bicyclic) bond motifs is 1. The van der Waals surface area contributed by atoms with Crippen LogP contribution in [-0.4, -0.2) is 57.6 Å². The van der Waals surface area contributed by atoms with Gasteiger partial charge < -0.3 is 4.90 Å². The van der Waals surface area contributed by atoms with E-state index in [1.54, 1.807) is 0 Å². The summed E-state index contributed by atoms with van der Waals surface area (Å²) in [6.07, 6.45) is 7.17. The van der Waals surface area contributed by atoms with Gasteiger partial charge in [0.25, 0.3) is 0 Å². The quantitative estimate of drug-likeness (QED) is 0.869. The molecule has 0 saturated carbocycles. The molecule has 2 fully saturated rings. The third-order valence-electron chi connectivity index (χ3n) is 5.59. The van der Waals surface area contributed by atoms with Gasteiger partial charge in [0, 0.05) is 19.2 Å². The highest BCUT2D eigenvalue weighted by Gasteiger charge is 2.29. The van der Waals surface area contributed by atoms with Crippen LogP contribution in [0.15, 0.2) is 18.3 Å². The fourth-order valence-electron chi connectivity index (χ4n) is 4.28. The molecule has 0 amide bonds. The summed E-state index contributed by atoms with van der Waals surface area (Å²) >= 11 is 0. The smallest absolute Gasteiger partial charge is 0.161 e. The number of likely N-dealkylation sites (tertiary alicyclic amines) is 2. The van der Waals surface area contributed by atoms with Gasteiger partial charge in [-0.3, -0.25) is 9.47 Å². The summed E-state index contributed by atoms with van der Waals surface area (Å²) < 4.78 is 2.43. The molecule has 2 atom stereocenters. The van der Waals surface area contributed by atoms with Crippen LogP contribution in [0.4, 0.5) is 0 Å². The summed E-state index contributed by atoms with van der Waals surface area (Å²) in [5, 5.41) is 0. The molecule has 0 aliphatic carbocycles. The van der Waals surface area contributed by atoms with Gasteiger partial charge >= 0.3 is 0 Å². The Kier molecular flexibility index (Phi) is 4.07. The van der Waals surface area contributed by atoms with Crippen molar-refractivity contribution in [2.24, 2.45) is 5.92 Å². The average Bonchev–Trinajstić information content (AvgIpc) is 3.26. The molecule has 2 unspecified atom stereocenters. The number of hydrogen-bond donors (Lipinski definition) is 0. The van der Waals surface area contributed by atoms with Crippen molar-refractivity contribution in [1.82, 2.24) is 24.3 Å². The second kappa shape index (κ2) is 6.21. The summed E-state index contributed by atoms with van der Waals surface area (Å²) in [6, 6.07) is 4.10. The summed E-state index contributed by atoms with van der Waals surface area (Å²) in [5.74, 6) is 1.97. The van der Waals surface area contributed by atoms with E-state index >= 15 is 0 Å². The van der Waals surface area contributed by atoms with Crippen LogP contribution in [-0.2, 0) is 6.42 Å². The second-order valence-electron chi connectivity index (χ2n) is 7.10. The van der Waals surface area contributed by atoms with Gasteiger partial charge in [-0.05, 0) is 64.0 Å². The van der Waals surface area contributed by atoms with E-state index in [0.717, 1.165) is 23.5 Å². The molecule has 2 saturated heterocycles. The maximum Gasteiger partial charge on any atom is 0.161 e. The number of pyridine rings is 1. The Morgan fingerprint density at radius 1 is 1.26 bits per heavy atom. The zero-order valence-corrected chi connectivity index (χ0v) is 14.3. The summed E-state index contributed by atoms with van der Waals surface area (Å²) in [6.45, 7) is 7.05. The average molecular weight is 313 g/mol. The molecule has 5 nitrogen and oxygen atoms in total. The molecule has 0 spiro atoms. The lowest BCUT2D eigenvalue weighted by Crippen LogP contribution is -2.26. The van der Waals surface area contributed by atoms with Gasteiger partial charge in [0.1, 0.15) is 11.3 Å². The van der Waals surface area contributed by atoms with Gasteiger partial charge in [0.2, 0.25) is 0 Å². The van der Waals surface area contributed by atoms with E-state index < -0.39 is 0 Å². The van der Waals surface area contributed by atoms with Crippen molar-refractivity contribution in [1.29, 1.82) is 0 Å². The lowest BCUT2D eigenvalue weighted by molar-refractivity contribution is 0.235. The third-order valence-corrected chi connectivity index (χ3v) is 5.59. The summed E-state index contributed by atoms with van der Waals surface area (Å²) in [4.78, 5) is 14.6. The number of hydrogen-bond acceptors (Lipinski definition) is 4. The van der Waals surface area contributed by atoms with Crippen LogP contribution in [0.5, 0.6) is 0 Å². The van der Waals surface area contributed by atoms with Gasteiger partial charge in [0.15, 0.2) is 5.65 Å². The van der Waals surface area contributed by atoms with E-state index in [1.807, 2.05) is 12.3 Å². The van der Waals surface area contributed by atoms with Crippen LogP contribution in [0, 0.1) is 5.92 Å². The minimum Gasteiger partial charge on any atom is -0.303 e. The minimum absolute atomic E-state index is 0.425. The van der Waals surface area contributed by atoms with Crippen molar-refractivity contribution >= 4 is 11.2 Å². The molecule has 4 rings (SSSR count). The van der Waals surface area contributed by atoms with Crippen LogP contribution < -0.4 is 0 Å². The van der Waals surface area contributed by atoms with E-state index in [-0.39, 0.29) is 0 Å². The first kappa shape index (κ1) is 15.1. The van der Waals surface area contributed by atoms with Crippen LogP contribution in [0.3, 0.4) is 0 Å². The summed E-state index contributed by atoms with van der Waals surface area (Å²) in [7, 11) is 2.23. The molecule has 0 aromatic carbocycles. The molecule has 0 radical (unpaired) electrons. The Bertz CT molecular complexity index is 679. The first-order chi connectivity index (χ1) is 11.3. The number of aromatic nitrogens is 3. The van der Waals surface area contributed by atoms with Crippen LogP contribution >= 0.6 is 0 Å². The molecule has 2 aliphatic heterocycles. The van der Waals surface area contributed by atoms with Gasteiger partial charge in [0.05, 0.1) is 6.17 Å². The maximum absolute atomic E-state index is 4.96. The van der Waals surface area contributed by atoms with E-state index in [1.165, 1.54) is 51.3 Å². The summed E-state index contributed by atoms with van der Waals surface area (Å²) in [5.41, 5.74) is 2.11. The Hall–Kier alpha value is -1.46. The van der Waals surface area contributed by atoms with Gasteiger partial charge in [-0.25, -0.2) is 9.97 Å². The number of imidazole rings is 1. The van der Waals surface area contributed by atoms with E-state index in [9.17, 15) is 0 Å². The number of rotatable bonds is 4. The van der Waals surface area contributed by atoms with Crippen molar-refractivity contribution in [3.8, 4) is 0 Å².